The Labute approximate surface area is 101 Å². The number of rotatable bonds is 8. The molecule has 0 radical (unpaired) electrons. The van der Waals surface area contributed by atoms with Crippen LogP contribution in [0.5, 0.6) is 0 Å². The highest BCUT2D eigenvalue weighted by Crippen LogP contribution is 1.96. The molecule has 0 aliphatic heterocycles. The minimum Gasteiger partial charge on any atom is -0.339 e. The summed E-state index contributed by atoms with van der Waals surface area (Å²) in [6, 6.07) is 0. The molecule has 1 aromatic heterocycles. The van der Waals surface area contributed by atoms with Gasteiger partial charge in [0.2, 0.25) is 15.9 Å². The number of hydrogen-bond acceptors (Lipinski definition) is 6. The van der Waals surface area contributed by atoms with Crippen LogP contribution in [0.15, 0.2) is 4.52 Å². The maximum absolute atomic E-state index is 11.5. The molecule has 0 spiro atoms. The highest BCUT2D eigenvalue weighted by molar-refractivity contribution is 7.89. The van der Waals surface area contributed by atoms with E-state index in [0.717, 1.165) is 0 Å². The van der Waals surface area contributed by atoms with E-state index in [0.29, 0.717) is 31.1 Å². The Morgan fingerprint density at radius 3 is 2.71 bits per heavy atom. The van der Waals surface area contributed by atoms with Crippen LogP contribution in [-0.4, -0.2) is 44.4 Å². The summed E-state index contributed by atoms with van der Waals surface area (Å²) < 4.78 is 30.4. The van der Waals surface area contributed by atoms with E-state index in [2.05, 4.69) is 20.2 Å². The second-order valence-corrected chi connectivity index (χ2v) is 5.58. The lowest BCUT2D eigenvalue weighted by molar-refractivity contribution is 0.375. The van der Waals surface area contributed by atoms with Crippen molar-refractivity contribution in [2.45, 2.75) is 19.8 Å². The molecule has 1 rings (SSSR count). The van der Waals surface area contributed by atoms with E-state index in [1.165, 1.54) is 0 Å². The van der Waals surface area contributed by atoms with Crippen molar-refractivity contribution in [1.29, 1.82) is 0 Å². The van der Waals surface area contributed by atoms with Crippen LogP contribution in [0.1, 0.15) is 18.1 Å². The predicted octanol–water partition coefficient (Wildman–Crippen LogP) is -0.551. The summed E-state index contributed by atoms with van der Waals surface area (Å²) in [5.41, 5.74) is 0. The van der Waals surface area contributed by atoms with Crippen molar-refractivity contribution >= 4 is 10.0 Å². The number of aromatic nitrogens is 2. The highest BCUT2D eigenvalue weighted by Gasteiger charge is 2.10. The smallest absolute Gasteiger partial charge is 0.227 e. The molecule has 2 N–H and O–H groups in total. The lowest BCUT2D eigenvalue weighted by Gasteiger charge is -2.04. The first kappa shape index (κ1) is 14.1. The summed E-state index contributed by atoms with van der Waals surface area (Å²) in [6.07, 6.45) is 0.998. The molecule has 7 nitrogen and oxygen atoms in total. The summed E-state index contributed by atoms with van der Waals surface area (Å²) >= 11 is 0. The fourth-order valence-corrected chi connectivity index (χ4v) is 2.35. The summed E-state index contributed by atoms with van der Waals surface area (Å²) in [7, 11) is -1.41. The van der Waals surface area contributed by atoms with Crippen LogP contribution in [0.25, 0.3) is 0 Å². The summed E-state index contributed by atoms with van der Waals surface area (Å²) in [4.78, 5) is 3.98. The van der Waals surface area contributed by atoms with E-state index in [9.17, 15) is 8.42 Å². The van der Waals surface area contributed by atoms with Crippen molar-refractivity contribution in [2.24, 2.45) is 0 Å². The van der Waals surface area contributed by atoms with Crippen molar-refractivity contribution in [2.75, 3.05) is 25.9 Å². The van der Waals surface area contributed by atoms with Gasteiger partial charge in [0, 0.05) is 13.0 Å². The standard InChI is InChI=1S/C9H18N4O3S/c1-8-12-9(16-13-8)4-6-11-17(14,15)7-3-5-10-2/h10-11H,3-7H2,1-2H3. The number of sulfonamides is 1. The van der Waals surface area contributed by atoms with Crippen molar-refractivity contribution in [3.8, 4) is 0 Å². The molecule has 0 saturated heterocycles. The average Bonchev–Trinajstić information content (AvgIpc) is 2.64. The largest absolute Gasteiger partial charge is 0.339 e. The van der Waals surface area contributed by atoms with Gasteiger partial charge in [-0.1, -0.05) is 5.16 Å². The first-order valence-corrected chi connectivity index (χ1v) is 7.10. The molecule has 0 unspecified atom stereocenters. The van der Waals surface area contributed by atoms with E-state index in [1.807, 2.05) is 0 Å². The molecule has 98 valence electrons. The van der Waals surface area contributed by atoms with Gasteiger partial charge >= 0.3 is 0 Å². The Balaban J connectivity index is 2.25. The molecule has 0 atom stereocenters. The molecule has 1 heterocycles. The SMILES string of the molecule is CNCCCS(=O)(=O)NCCc1nc(C)no1. The third-order valence-electron chi connectivity index (χ3n) is 2.07. The van der Waals surface area contributed by atoms with Crippen LogP contribution in [0.4, 0.5) is 0 Å². The molecule has 0 saturated carbocycles. The first-order chi connectivity index (χ1) is 8.03. The van der Waals surface area contributed by atoms with Crippen LogP contribution in [0.2, 0.25) is 0 Å². The predicted molar refractivity (Wildman–Crippen MR) is 63.1 cm³/mol. The van der Waals surface area contributed by atoms with Gasteiger partial charge in [-0.25, -0.2) is 13.1 Å². The van der Waals surface area contributed by atoms with Gasteiger partial charge in [0.05, 0.1) is 5.75 Å². The average molecular weight is 262 g/mol. The van der Waals surface area contributed by atoms with Crippen LogP contribution in [0.3, 0.4) is 0 Å². The van der Waals surface area contributed by atoms with E-state index >= 15 is 0 Å². The zero-order valence-corrected chi connectivity index (χ0v) is 10.9. The highest BCUT2D eigenvalue weighted by atomic mass is 32.2. The van der Waals surface area contributed by atoms with Gasteiger partial charge in [-0.3, -0.25) is 0 Å². The third-order valence-corrected chi connectivity index (χ3v) is 3.54. The number of hydrogen-bond donors (Lipinski definition) is 2. The summed E-state index contributed by atoms with van der Waals surface area (Å²) in [5.74, 6) is 1.12. The van der Waals surface area contributed by atoms with Crippen molar-refractivity contribution in [3.63, 3.8) is 0 Å². The molecule has 0 fully saturated rings. The molecular weight excluding hydrogens is 244 g/mol. The van der Waals surface area contributed by atoms with Gasteiger partial charge in [0.25, 0.3) is 0 Å². The van der Waals surface area contributed by atoms with Gasteiger partial charge in [-0.2, -0.15) is 4.98 Å². The molecule has 1 aromatic rings. The number of aryl methyl sites for hydroxylation is 1. The minimum atomic E-state index is -3.20. The molecule has 0 aromatic carbocycles. The Morgan fingerprint density at radius 2 is 2.12 bits per heavy atom. The molecule has 0 aliphatic carbocycles. The normalized spacial score (nSPS) is 11.9. The molecular formula is C9H18N4O3S. The number of nitrogens with one attached hydrogen (secondary N) is 2. The second kappa shape index (κ2) is 6.67. The van der Waals surface area contributed by atoms with Gasteiger partial charge in [0.1, 0.15) is 0 Å². The first-order valence-electron chi connectivity index (χ1n) is 5.44. The van der Waals surface area contributed by atoms with E-state index in [1.54, 1.807) is 14.0 Å². The molecule has 0 aliphatic rings. The third kappa shape index (κ3) is 5.76. The van der Waals surface area contributed by atoms with Crippen molar-refractivity contribution < 1.29 is 12.9 Å². The van der Waals surface area contributed by atoms with Crippen LogP contribution in [-0.2, 0) is 16.4 Å². The maximum Gasteiger partial charge on any atom is 0.227 e. The van der Waals surface area contributed by atoms with Gasteiger partial charge in [0.15, 0.2) is 5.82 Å². The molecule has 17 heavy (non-hydrogen) atoms. The van der Waals surface area contributed by atoms with E-state index in [-0.39, 0.29) is 12.3 Å². The lowest BCUT2D eigenvalue weighted by atomic mass is 10.4. The zero-order chi connectivity index (χ0) is 12.7. The topological polar surface area (TPSA) is 97.1 Å². The minimum absolute atomic E-state index is 0.122. The second-order valence-electron chi connectivity index (χ2n) is 3.66. The fourth-order valence-electron chi connectivity index (χ4n) is 1.27. The Morgan fingerprint density at radius 1 is 1.35 bits per heavy atom. The zero-order valence-electron chi connectivity index (χ0n) is 10.1. The molecule has 8 heteroatoms. The van der Waals surface area contributed by atoms with Crippen molar-refractivity contribution in [3.05, 3.63) is 11.7 Å². The Hall–Kier alpha value is -0.990. The van der Waals surface area contributed by atoms with Gasteiger partial charge in [-0.15, -0.1) is 0 Å². The monoisotopic (exact) mass is 262 g/mol. The Bertz CT molecular complexity index is 429. The van der Waals surface area contributed by atoms with Crippen LogP contribution < -0.4 is 10.0 Å². The van der Waals surface area contributed by atoms with Crippen LogP contribution in [0, 0.1) is 6.92 Å². The maximum atomic E-state index is 11.5. The fraction of sp³-hybridized carbons (Fsp3) is 0.778. The molecule has 0 amide bonds. The lowest BCUT2D eigenvalue weighted by Crippen LogP contribution is -2.29. The summed E-state index contributed by atoms with van der Waals surface area (Å²) in [6.45, 7) is 2.68. The van der Waals surface area contributed by atoms with Crippen molar-refractivity contribution in [1.82, 2.24) is 20.2 Å². The quantitative estimate of drug-likeness (QED) is 0.610. The van der Waals surface area contributed by atoms with E-state index in [4.69, 9.17) is 4.52 Å². The van der Waals surface area contributed by atoms with Gasteiger partial charge in [-0.05, 0) is 26.9 Å². The summed E-state index contributed by atoms with van der Waals surface area (Å²) in [5, 5.41) is 6.52. The van der Waals surface area contributed by atoms with Crippen LogP contribution >= 0.6 is 0 Å². The van der Waals surface area contributed by atoms with Gasteiger partial charge < -0.3 is 9.84 Å². The van der Waals surface area contributed by atoms with E-state index < -0.39 is 10.0 Å². The Kier molecular flexibility index (Phi) is 5.52. The molecule has 0 bridgehead atoms. The number of nitrogens with zero attached hydrogens (tertiary/aromatic N) is 2.